The molecule has 6 nitrogen and oxygen atoms in total. The number of fused-ring (bicyclic) bond motifs is 1. The minimum atomic E-state index is 0.647. The fourth-order valence-corrected chi connectivity index (χ4v) is 4.38. The average Bonchev–Trinajstić information content (AvgIpc) is 3.31. The Morgan fingerprint density at radius 2 is 1.65 bits per heavy atom. The number of anilines is 1. The first-order chi connectivity index (χ1) is 18.2. The van der Waals surface area contributed by atoms with Crippen molar-refractivity contribution in [1.29, 1.82) is 0 Å². The molecule has 37 heavy (non-hydrogen) atoms. The first-order valence-electron chi connectivity index (χ1n) is 13.5. The van der Waals surface area contributed by atoms with E-state index in [0.717, 1.165) is 71.9 Å². The summed E-state index contributed by atoms with van der Waals surface area (Å²) in [6, 6.07) is 20.6. The Balaban J connectivity index is 1.57. The van der Waals surface area contributed by atoms with E-state index < -0.39 is 0 Å². The summed E-state index contributed by atoms with van der Waals surface area (Å²) in [5, 5.41) is 8.17. The van der Waals surface area contributed by atoms with Crippen LogP contribution in [0.1, 0.15) is 32.6 Å². The van der Waals surface area contributed by atoms with Gasteiger partial charge in [-0.2, -0.15) is 0 Å². The number of hydrogen-bond donors (Lipinski definition) is 2. The van der Waals surface area contributed by atoms with Crippen LogP contribution in [0, 0.1) is 0 Å². The summed E-state index contributed by atoms with van der Waals surface area (Å²) < 4.78 is 12.3. The van der Waals surface area contributed by atoms with Crippen LogP contribution in [0.15, 0.2) is 71.3 Å². The van der Waals surface area contributed by atoms with E-state index in [-0.39, 0.29) is 0 Å². The van der Waals surface area contributed by atoms with Crippen molar-refractivity contribution in [3.8, 4) is 28.2 Å². The molecule has 0 radical (unpaired) electrons. The van der Waals surface area contributed by atoms with Gasteiger partial charge >= 0.3 is 0 Å². The predicted octanol–water partition coefficient (Wildman–Crippen LogP) is 6.68. The highest BCUT2D eigenvalue weighted by atomic mass is 16.5. The Bertz CT molecular complexity index is 1220. The Morgan fingerprint density at radius 1 is 0.865 bits per heavy atom. The second kappa shape index (κ2) is 13.8. The number of likely N-dealkylation sites (N-methyl/N-ethyl adjacent to an activating group) is 1. The number of rotatable bonds is 15. The molecule has 0 spiro atoms. The van der Waals surface area contributed by atoms with Gasteiger partial charge in [0.25, 0.3) is 0 Å². The van der Waals surface area contributed by atoms with E-state index in [1.54, 1.807) is 0 Å². The van der Waals surface area contributed by atoms with Crippen molar-refractivity contribution < 1.29 is 9.15 Å². The van der Waals surface area contributed by atoms with Crippen LogP contribution in [-0.2, 0) is 0 Å². The molecule has 4 rings (SSSR count). The molecule has 2 aromatic heterocycles. The maximum Gasteiger partial charge on any atom is 0.229 e. The Morgan fingerprint density at radius 3 is 2.41 bits per heavy atom. The smallest absolute Gasteiger partial charge is 0.229 e. The lowest BCUT2D eigenvalue weighted by Gasteiger charge is -2.11. The second-order valence-corrected chi connectivity index (χ2v) is 9.62. The zero-order valence-electron chi connectivity index (χ0n) is 22.4. The zero-order chi connectivity index (χ0) is 25.9. The molecule has 196 valence electrons. The molecular formula is C31H40N4O2. The van der Waals surface area contributed by atoms with Crippen molar-refractivity contribution in [2.45, 2.75) is 32.6 Å². The second-order valence-electron chi connectivity index (χ2n) is 9.62. The summed E-state index contributed by atoms with van der Waals surface area (Å²) in [5.74, 6) is 1.68. The van der Waals surface area contributed by atoms with Gasteiger partial charge in [-0.15, -0.1) is 0 Å². The lowest BCUT2D eigenvalue weighted by molar-refractivity contribution is 0.261. The molecule has 0 atom stereocenters. The van der Waals surface area contributed by atoms with Crippen LogP contribution in [0.5, 0.6) is 5.75 Å². The quantitative estimate of drug-likeness (QED) is 0.177. The highest BCUT2D eigenvalue weighted by Crippen LogP contribution is 2.43. The molecule has 0 amide bonds. The Kier molecular flexibility index (Phi) is 9.97. The number of aromatic nitrogens is 1. The van der Waals surface area contributed by atoms with E-state index in [9.17, 15) is 0 Å². The SMILES string of the molecule is CCCNCCCCCNc1ccnc2oc(-c3ccc(OCCN(C)C)cc3)c(-c3ccccc3)c12. The van der Waals surface area contributed by atoms with Crippen LogP contribution in [-0.4, -0.2) is 56.8 Å². The summed E-state index contributed by atoms with van der Waals surface area (Å²) in [7, 11) is 4.09. The number of unbranched alkanes of at least 4 members (excludes halogenated alkanes) is 2. The monoisotopic (exact) mass is 500 g/mol. The van der Waals surface area contributed by atoms with Gasteiger partial charge in [-0.1, -0.05) is 43.7 Å². The van der Waals surface area contributed by atoms with Crippen LogP contribution in [0.2, 0.25) is 0 Å². The van der Waals surface area contributed by atoms with E-state index in [1.165, 1.54) is 19.3 Å². The Hall–Kier alpha value is -3.35. The van der Waals surface area contributed by atoms with Crippen molar-refractivity contribution in [2.24, 2.45) is 0 Å². The van der Waals surface area contributed by atoms with Crippen molar-refractivity contribution in [1.82, 2.24) is 15.2 Å². The number of nitrogens with one attached hydrogen (secondary N) is 2. The van der Waals surface area contributed by atoms with Crippen LogP contribution < -0.4 is 15.4 Å². The molecule has 6 heteroatoms. The molecule has 0 aliphatic rings. The molecule has 0 fully saturated rings. The Labute approximate surface area is 221 Å². The summed E-state index contributed by atoms with van der Waals surface area (Å²) in [6.07, 6.45) is 6.53. The van der Waals surface area contributed by atoms with Gasteiger partial charge in [0.1, 0.15) is 18.1 Å². The van der Waals surface area contributed by atoms with Crippen molar-refractivity contribution in [3.63, 3.8) is 0 Å². The largest absolute Gasteiger partial charge is 0.492 e. The van der Waals surface area contributed by atoms with Crippen molar-refractivity contribution in [2.75, 3.05) is 52.2 Å². The molecule has 2 aromatic carbocycles. The average molecular weight is 501 g/mol. The minimum Gasteiger partial charge on any atom is -0.492 e. The fraction of sp³-hybridized carbons (Fsp3) is 0.387. The van der Waals surface area contributed by atoms with E-state index in [1.807, 2.05) is 38.5 Å². The standard InChI is InChI=1S/C31H40N4O2/c1-4-18-32-19-9-6-10-20-33-27-17-21-34-31-29(27)28(24-11-7-5-8-12-24)30(37-31)25-13-15-26(16-14-25)36-23-22-35(2)3/h5,7-8,11-17,21,32H,4,6,9-10,18-20,22-23H2,1-3H3,(H,33,34). The molecule has 2 N–H and O–H groups in total. The fourth-order valence-electron chi connectivity index (χ4n) is 4.38. The number of furan rings is 1. The zero-order valence-corrected chi connectivity index (χ0v) is 22.4. The number of hydrogen-bond acceptors (Lipinski definition) is 6. The normalized spacial score (nSPS) is 11.4. The highest BCUT2D eigenvalue weighted by molar-refractivity contribution is 6.06. The molecule has 0 unspecified atom stereocenters. The summed E-state index contributed by atoms with van der Waals surface area (Å²) in [5.41, 5.74) is 4.89. The molecule has 0 saturated heterocycles. The van der Waals surface area contributed by atoms with Crippen molar-refractivity contribution >= 4 is 16.8 Å². The maximum absolute atomic E-state index is 6.41. The van der Waals surface area contributed by atoms with Crippen LogP contribution in [0.4, 0.5) is 5.69 Å². The first-order valence-corrected chi connectivity index (χ1v) is 13.5. The molecular weight excluding hydrogens is 460 g/mol. The third kappa shape index (κ3) is 7.34. The maximum atomic E-state index is 6.41. The van der Waals surface area contributed by atoms with Gasteiger partial charge in [-0.25, -0.2) is 4.98 Å². The predicted molar refractivity (Wildman–Crippen MR) is 154 cm³/mol. The molecule has 0 saturated carbocycles. The third-order valence-corrected chi connectivity index (χ3v) is 6.35. The summed E-state index contributed by atoms with van der Waals surface area (Å²) in [4.78, 5) is 6.70. The molecule has 0 bridgehead atoms. The number of pyridine rings is 1. The van der Waals surface area contributed by atoms with Crippen LogP contribution >= 0.6 is 0 Å². The lowest BCUT2D eigenvalue weighted by Crippen LogP contribution is -2.19. The van der Waals surface area contributed by atoms with Crippen LogP contribution in [0.25, 0.3) is 33.6 Å². The van der Waals surface area contributed by atoms with E-state index in [4.69, 9.17) is 9.15 Å². The van der Waals surface area contributed by atoms with Crippen molar-refractivity contribution in [3.05, 3.63) is 66.9 Å². The topological polar surface area (TPSA) is 62.6 Å². The third-order valence-electron chi connectivity index (χ3n) is 6.35. The highest BCUT2D eigenvalue weighted by Gasteiger charge is 2.21. The number of benzene rings is 2. The van der Waals surface area contributed by atoms with Gasteiger partial charge < -0.3 is 24.7 Å². The molecule has 4 aromatic rings. The van der Waals surface area contributed by atoms with Gasteiger partial charge in [0.05, 0.1) is 5.39 Å². The number of nitrogens with zero attached hydrogens (tertiary/aromatic N) is 2. The number of ether oxygens (including phenoxy) is 1. The molecule has 2 heterocycles. The van der Waals surface area contributed by atoms with Crippen LogP contribution in [0.3, 0.4) is 0 Å². The minimum absolute atomic E-state index is 0.647. The molecule has 0 aliphatic heterocycles. The summed E-state index contributed by atoms with van der Waals surface area (Å²) >= 11 is 0. The van der Waals surface area contributed by atoms with Gasteiger partial charge in [0.2, 0.25) is 5.71 Å². The van der Waals surface area contributed by atoms with E-state index >= 15 is 0 Å². The van der Waals surface area contributed by atoms with E-state index in [2.05, 4.69) is 69.9 Å². The van der Waals surface area contributed by atoms with Gasteiger partial charge in [-0.05, 0) is 82.3 Å². The lowest BCUT2D eigenvalue weighted by atomic mass is 9.98. The van der Waals surface area contributed by atoms with Gasteiger partial charge in [-0.3, -0.25) is 0 Å². The summed E-state index contributed by atoms with van der Waals surface area (Å²) in [6.45, 7) is 6.84. The molecule has 0 aliphatic carbocycles. The first kappa shape index (κ1) is 26.7. The van der Waals surface area contributed by atoms with Gasteiger partial charge in [0.15, 0.2) is 0 Å². The van der Waals surface area contributed by atoms with E-state index in [0.29, 0.717) is 12.3 Å². The van der Waals surface area contributed by atoms with Gasteiger partial charge in [0, 0.05) is 36.1 Å².